The Morgan fingerprint density at radius 2 is 1.88 bits per heavy atom. The third-order valence-corrected chi connectivity index (χ3v) is 5.69. The second-order valence-corrected chi connectivity index (χ2v) is 8.09. The van der Waals surface area contributed by atoms with Gasteiger partial charge in [-0.25, -0.2) is 12.7 Å². The number of sulfonamides is 1. The van der Waals surface area contributed by atoms with Crippen LogP contribution in [0, 0.1) is 0 Å². The molecule has 0 unspecified atom stereocenters. The molecule has 0 spiro atoms. The minimum Gasteiger partial charge on any atom is -0.322 e. The zero-order valence-corrected chi connectivity index (χ0v) is 14.8. The van der Waals surface area contributed by atoms with E-state index in [0.29, 0.717) is 5.69 Å². The number of halogens is 1. The zero-order chi connectivity index (χ0) is 17.3. The molecule has 1 aliphatic heterocycles. The van der Waals surface area contributed by atoms with E-state index in [1.54, 1.807) is 30.3 Å². The van der Waals surface area contributed by atoms with Gasteiger partial charge in [-0.05, 0) is 36.4 Å². The minimum absolute atomic E-state index is 0.0448. The van der Waals surface area contributed by atoms with Gasteiger partial charge in [-0.1, -0.05) is 28.1 Å². The van der Waals surface area contributed by atoms with Crippen LogP contribution in [0.2, 0.25) is 0 Å². The Hall–Kier alpha value is -2.19. The van der Waals surface area contributed by atoms with Crippen molar-refractivity contribution in [3.05, 3.63) is 58.6 Å². The number of amides is 2. The maximum absolute atomic E-state index is 12.4. The minimum atomic E-state index is -3.65. The summed E-state index contributed by atoms with van der Waals surface area (Å²) in [6.07, 6.45) is -0.0448. The Morgan fingerprint density at radius 1 is 1.12 bits per heavy atom. The average molecular weight is 409 g/mol. The van der Waals surface area contributed by atoms with Gasteiger partial charge in [-0.3, -0.25) is 9.59 Å². The van der Waals surface area contributed by atoms with Crippen molar-refractivity contribution in [3.8, 4) is 0 Å². The van der Waals surface area contributed by atoms with E-state index < -0.39 is 15.9 Å². The van der Waals surface area contributed by atoms with Gasteiger partial charge in [0.15, 0.2) is 0 Å². The molecule has 3 rings (SSSR count). The number of carbonyl (C=O) groups is 2. The molecule has 24 heavy (non-hydrogen) atoms. The van der Waals surface area contributed by atoms with E-state index >= 15 is 0 Å². The number of hydrogen-bond acceptors (Lipinski definition) is 4. The van der Waals surface area contributed by atoms with Gasteiger partial charge in [0, 0.05) is 22.1 Å². The first-order chi connectivity index (χ1) is 11.4. The molecular weight excluding hydrogens is 396 g/mol. The monoisotopic (exact) mass is 408 g/mol. The third kappa shape index (κ3) is 3.34. The van der Waals surface area contributed by atoms with E-state index in [4.69, 9.17) is 0 Å². The maximum atomic E-state index is 12.4. The first-order valence-electron chi connectivity index (χ1n) is 7.10. The molecule has 0 aliphatic carbocycles. The number of hydrogen-bond donors (Lipinski definition) is 1. The molecule has 1 saturated heterocycles. The van der Waals surface area contributed by atoms with Crippen LogP contribution in [0.1, 0.15) is 16.8 Å². The molecule has 1 N–H and O–H groups in total. The number of carbonyl (C=O) groups excluding carboxylic acids is 2. The van der Waals surface area contributed by atoms with Crippen molar-refractivity contribution < 1.29 is 18.0 Å². The fourth-order valence-corrected chi connectivity index (χ4v) is 4.26. The molecule has 0 atom stereocenters. The lowest BCUT2D eigenvalue weighted by molar-refractivity contribution is -0.116. The summed E-state index contributed by atoms with van der Waals surface area (Å²) in [6.45, 7) is 0. The van der Waals surface area contributed by atoms with Crippen LogP contribution in [0.15, 0.2) is 53.0 Å². The molecule has 124 valence electrons. The molecule has 0 saturated carbocycles. The summed E-state index contributed by atoms with van der Waals surface area (Å²) in [6, 6.07) is 13.1. The Bertz CT molecular complexity index is 927. The molecule has 1 heterocycles. The van der Waals surface area contributed by atoms with E-state index in [1.807, 2.05) is 6.07 Å². The summed E-state index contributed by atoms with van der Waals surface area (Å²) in [5, 5.41) is 2.73. The van der Waals surface area contributed by atoms with E-state index in [-0.39, 0.29) is 29.3 Å². The SMILES string of the molecule is O=C(Nc1cccc(Br)c1)c1cccc(N2C(=O)CCS2(=O)=O)c1. The molecule has 6 nitrogen and oxygen atoms in total. The lowest BCUT2D eigenvalue weighted by Gasteiger charge is -2.15. The normalized spacial score (nSPS) is 16.2. The van der Waals surface area contributed by atoms with Crippen molar-refractivity contribution in [2.24, 2.45) is 0 Å². The van der Waals surface area contributed by atoms with Gasteiger partial charge in [-0.2, -0.15) is 0 Å². The van der Waals surface area contributed by atoms with Gasteiger partial charge in [0.2, 0.25) is 15.9 Å². The Kier molecular flexibility index (Phi) is 4.42. The standard InChI is InChI=1S/C16H13BrN2O4S/c17-12-4-2-5-13(10-12)18-16(21)11-3-1-6-14(9-11)19-15(20)7-8-24(19,22)23/h1-6,9-10H,7-8H2,(H,18,21). The molecule has 2 aromatic carbocycles. The summed E-state index contributed by atoms with van der Waals surface area (Å²) in [4.78, 5) is 24.2. The van der Waals surface area contributed by atoms with E-state index in [1.165, 1.54) is 12.1 Å². The van der Waals surface area contributed by atoms with Crippen LogP contribution in [0.3, 0.4) is 0 Å². The molecule has 0 radical (unpaired) electrons. The van der Waals surface area contributed by atoms with Crippen molar-refractivity contribution in [2.45, 2.75) is 6.42 Å². The van der Waals surface area contributed by atoms with Gasteiger partial charge in [0.05, 0.1) is 11.4 Å². The van der Waals surface area contributed by atoms with Crippen molar-refractivity contribution in [1.82, 2.24) is 0 Å². The predicted molar refractivity (Wildman–Crippen MR) is 94.4 cm³/mol. The van der Waals surface area contributed by atoms with Gasteiger partial charge >= 0.3 is 0 Å². The molecule has 0 bridgehead atoms. The molecule has 1 fully saturated rings. The van der Waals surface area contributed by atoms with Crippen LogP contribution >= 0.6 is 15.9 Å². The van der Waals surface area contributed by atoms with Crippen molar-refractivity contribution in [3.63, 3.8) is 0 Å². The van der Waals surface area contributed by atoms with E-state index in [2.05, 4.69) is 21.2 Å². The highest BCUT2D eigenvalue weighted by atomic mass is 79.9. The number of anilines is 2. The first-order valence-corrected chi connectivity index (χ1v) is 9.50. The molecule has 2 amide bonds. The third-order valence-electron chi connectivity index (χ3n) is 3.50. The van der Waals surface area contributed by atoms with Crippen LogP contribution in [-0.4, -0.2) is 26.0 Å². The summed E-state index contributed by atoms with van der Waals surface area (Å²) in [5.74, 6) is -1.08. The zero-order valence-electron chi connectivity index (χ0n) is 12.4. The fourth-order valence-electron chi connectivity index (χ4n) is 2.41. The highest BCUT2D eigenvalue weighted by Gasteiger charge is 2.36. The topological polar surface area (TPSA) is 83.6 Å². The van der Waals surface area contributed by atoms with Crippen LogP contribution in [0.5, 0.6) is 0 Å². The quantitative estimate of drug-likeness (QED) is 0.845. The Labute approximate surface area is 147 Å². The fraction of sp³-hybridized carbons (Fsp3) is 0.125. The lowest BCUT2D eigenvalue weighted by Crippen LogP contribution is -2.29. The molecular formula is C16H13BrN2O4S. The first kappa shape index (κ1) is 16.7. The summed E-state index contributed by atoms with van der Waals surface area (Å²) in [7, 11) is -3.65. The number of nitrogens with zero attached hydrogens (tertiary/aromatic N) is 1. The van der Waals surface area contributed by atoms with Crippen molar-refractivity contribution in [1.29, 1.82) is 0 Å². The number of nitrogens with one attached hydrogen (secondary N) is 1. The summed E-state index contributed by atoms with van der Waals surface area (Å²) < 4.78 is 25.6. The van der Waals surface area contributed by atoms with Gasteiger partial charge in [0.25, 0.3) is 5.91 Å². The second-order valence-electron chi connectivity index (χ2n) is 5.24. The second kappa shape index (κ2) is 6.37. The molecule has 0 aromatic heterocycles. The largest absolute Gasteiger partial charge is 0.322 e. The van der Waals surface area contributed by atoms with Crippen molar-refractivity contribution >= 4 is 49.1 Å². The lowest BCUT2D eigenvalue weighted by atomic mass is 10.1. The van der Waals surface area contributed by atoms with Gasteiger partial charge in [0.1, 0.15) is 0 Å². The Morgan fingerprint density at radius 3 is 2.54 bits per heavy atom. The summed E-state index contributed by atoms with van der Waals surface area (Å²) >= 11 is 3.32. The highest BCUT2D eigenvalue weighted by Crippen LogP contribution is 2.26. The van der Waals surface area contributed by atoms with Gasteiger partial charge < -0.3 is 5.32 Å². The maximum Gasteiger partial charge on any atom is 0.255 e. The van der Waals surface area contributed by atoms with Crippen LogP contribution in [0.4, 0.5) is 11.4 Å². The molecule has 1 aliphatic rings. The van der Waals surface area contributed by atoms with Crippen LogP contribution < -0.4 is 9.62 Å². The number of rotatable bonds is 3. The van der Waals surface area contributed by atoms with Gasteiger partial charge in [-0.15, -0.1) is 0 Å². The summed E-state index contributed by atoms with van der Waals surface area (Å²) in [5.41, 5.74) is 1.05. The van der Waals surface area contributed by atoms with Crippen molar-refractivity contribution in [2.75, 3.05) is 15.4 Å². The predicted octanol–water partition coefficient (Wildman–Crippen LogP) is 2.77. The van der Waals surface area contributed by atoms with E-state index in [0.717, 1.165) is 8.78 Å². The average Bonchev–Trinajstić information content (AvgIpc) is 2.80. The Balaban J connectivity index is 1.88. The molecule has 2 aromatic rings. The number of benzene rings is 2. The van der Waals surface area contributed by atoms with Crippen LogP contribution in [-0.2, 0) is 14.8 Å². The molecule has 8 heteroatoms. The highest BCUT2D eigenvalue weighted by molar-refractivity contribution is 9.10. The van der Waals surface area contributed by atoms with Crippen LogP contribution in [0.25, 0.3) is 0 Å². The van der Waals surface area contributed by atoms with E-state index in [9.17, 15) is 18.0 Å². The smallest absolute Gasteiger partial charge is 0.255 e.